The lowest BCUT2D eigenvalue weighted by Crippen LogP contribution is -2.33. The highest BCUT2D eigenvalue weighted by Crippen LogP contribution is 2.44. The first kappa shape index (κ1) is 10.9. The normalized spacial score (nSPS) is 13.3. The van der Waals surface area contributed by atoms with Crippen molar-refractivity contribution in [2.24, 2.45) is 0 Å². The molecule has 0 saturated heterocycles. The summed E-state index contributed by atoms with van der Waals surface area (Å²) < 4.78 is 66.8. The van der Waals surface area contributed by atoms with Crippen molar-refractivity contribution in [3.05, 3.63) is 36.3 Å². The Balaban J connectivity index is 2.54. The monoisotopic (exact) mass is 236 g/mol. The molecule has 0 atom stereocenters. The van der Waals surface area contributed by atoms with Crippen LogP contribution in [0.5, 0.6) is 0 Å². The van der Waals surface area contributed by atoms with E-state index in [9.17, 15) is 22.0 Å². The van der Waals surface area contributed by atoms with Gasteiger partial charge in [-0.3, -0.25) is 0 Å². The molecule has 0 N–H and O–H groups in total. The van der Waals surface area contributed by atoms with Crippen molar-refractivity contribution < 1.29 is 26.4 Å². The van der Waals surface area contributed by atoms with Crippen LogP contribution in [0.4, 0.5) is 22.0 Å². The average Bonchev–Trinajstić information content (AvgIpc) is 2.61. The minimum atomic E-state index is -5.59. The van der Waals surface area contributed by atoms with Gasteiger partial charge in [0.1, 0.15) is 0 Å². The predicted octanol–water partition coefficient (Wildman–Crippen LogP) is 4.09. The molecule has 1 nitrogen and oxygen atoms in total. The average molecular weight is 236 g/mol. The molecule has 0 aliphatic rings. The summed E-state index contributed by atoms with van der Waals surface area (Å²) >= 11 is 0. The third kappa shape index (κ3) is 1.54. The number of rotatable bonds is 1. The van der Waals surface area contributed by atoms with Gasteiger partial charge in [0.05, 0.1) is 12.5 Å². The van der Waals surface area contributed by atoms with Crippen molar-refractivity contribution in [2.75, 3.05) is 0 Å². The topological polar surface area (TPSA) is 13.1 Å². The number of halogens is 5. The molecule has 0 aliphatic carbocycles. The van der Waals surface area contributed by atoms with Gasteiger partial charge in [-0.2, -0.15) is 22.0 Å². The van der Waals surface area contributed by atoms with Gasteiger partial charge in [0.15, 0.2) is 0 Å². The number of fused-ring (bicyclic) bond motifs is 1. The quantitative estimate of drug-likeness (QED) is 0.680. The molecule has 1 heterocycles. The molecule has 0 aliphatic heterocycles. The number of furan rings is 1. The van der Waals surface area contributed by atoms with Gasteiger partial charge in [-0.1, -0.05) is 12.1 Å². The Labute approximate surface area is 86.5 Å². The van der Waals surface area contributed by atoms with Crippen molar-refractivity contribution in [2.45, 2.75) is 12.1 Å². The minimum absolute atomic E-state index is 0.210. The summed E-state index contributed by atoms with van der Waals surface area (Å²) in [5.41, 5.74) is -1.09. The summed E-state index contributed by atoms with van der Waals surface area (Å²) in [7, 11) is 0. The van der Waals surface area contributed by atoms with E-state index >= 15 is 0 Å². The highest BCUT2D eigenvalue weighted by atomic mass is 19.4. The Kier molecular flexibility index (Phi) is 2.18. The fraction of sp³-hybridized carbons (Fsp3) is 0.200. The summed E-state index contributed by atoms with van der Waals surface area (Å²) in [6, 6.07) is 2.67. The molecule has 1 aromatic carbocycles. The van der Waals surface area contributed by atoms with Gasteiger partial charge in [-0.25, -0.2) is 0 Å². The smallest absolute Gasteiger partial charge is 0.458 e. The Morgan fingerprint density at radius 1 is 0.875 bits per heavy atom. The zero-order valence-electron chi connectivity index (χ0n) is 7.68. The first-order chi connectivity index (χ1) is 7.32. The molecule has 0 fully saturated rings. The van der Waals surface area contributed by atoms with Crippen LogP contribution in [0.1, 0.15) is 5.56 Å². The third-order valence-corrected chi connectivity index (χ3v) is 2.20. The fourth-order valence-corrected chi connectivity index (χ4v) is 1.32. The lowest BCUT2D eigenvalue weighted by atomic mass is 10.1. The zero-order chi connectivity index (χ0) is 12.0. The van der Waals surface area contributed by atoms with E-state index in [4.69, 9.17) is 4.42 Å². The van der Waals surface area contributed by atoms with Crippen molar-refractivity contribution >= 4 is 10.8 Å². The Morgan fingerprint density at radius 3 is 2.12 bits per heavy atom. The van der Waals surface area contributed by atoms with Crippen LogP contribution < -0.4 is 0 Å². The molecular formula is C10H5F5O. The van der Waals surface area contributed by atoms with Crippen LogP contribution in [-0.2, 0) is 5.92 Å². The van der Waals surface area contributed by atoms with E-state index in [0.717, 1.165) is 24.5 Å². The molecule has 0 saturated carbocycles. The molecule has 2 aromatic rings. The molecule has 86 valence electrons. The molecule has 0 radical (unpaired) electrons. The van der Waals surface area contributed by atoms with Crippen LogP contribution in [0.15, 0.2) is 35.1 Å². The second kappa shape index (κ2) is 3.20. The molecule has 6 heteroatoms. The molecule has 1 aromatic heterocycles. The standard InChI is InChI=1S/C10H5F5O/c11-9(12,10(13,14)15)8-2-1-6-4-16-5-7(6)3-8/h1-5H. The van der Waals surface area contributed by atoms with E-state index in [2.05, 4.69) is 0 Å². The van der Waals surface area contributed by atoms with Gasteiger partial charge in [0.25, 0.3) is 0 Å². The number of alkyl halides is 5. The van der Waals surface area contributed by atoms with Crippen molar-refractivity contribution in [3.63, 3.8) is 0 Å². The van der Waals surface area contributed by atoms with Gasteiger partial charge in [-0.15, -0.1) is 0 Å². The SMILES string of the molecule is FC(F)(F)C(F)(F)c1ccc2cocc2c1. The molecule has 0 amide bonds. The summed E-state index contributed by atoms with van der Waals surface area (Å²) in [5, 5.41) is 0.683. The lowest BCUT2D eigenvalue weighted by molar-refractivity contribution is -0.289. The summed E-state index contributed by atoms with van der Waals surface area (Å²) in [4.78, 5) is 0. The van der Waals surface area contributed by atoms with E-state index < -0.39 is 17.7 Å². The molecule has 0 spiro atoms. The minimum Gasteiger partial charge on any atom is -0.471 e. The molecular weight excluding hydrogens is 231 g/mol. The second-order valence-electron chi connectivity index (χ2n) is 3.29. The molecule has 0 unspecified atom stereocenters. The second-order valence-corrected chi connectivity index (χ2v) is 3.29. The van der Waals surface area contributed by atoms with Crippen LogP contribution in [0.3, 0.4) is 0 Å². The van der Waals surface area contributed by atoms with Gasteiger partial charge >= 0.3 is 12.1 Å². The van der Waals surface area contributed by atoms with E-state index in [1.165, 1.54) is 6.26 Å². The van der Waals surface area contributed by atoms with Crippen LogP contribution >= 0.6 is 0 Å². The number of hydrogen-bond donors (Lipinski definition) is 0. The van der Waals surface area contributed by atoms with Crippen molar-refractivity contribution in [1.82, 2.24) is 0 Å². The number of benzene rings is 1. The first-order valence-electron chi connectivity index (χ1n) is 4.23. The maximum atomic E-state index is 12.9. The molecule has 0 bridgehead atoms. The maximum absolute atomic E-state index is 12.9. The van der Waals surface area contributed by atoms with Crippen LogP contribution in [-0.4, -0.2) is 6.18 Å². The predicted molar refractivity (Wildman–Crippen MR) is 46.2 cm³/mol. The Hall–Kier alpha value is -1.59. The Bertz CT molecular complexity index is 511. The summed E-state index contributed by atoms with van der Waals surface area (Å²) in [5.74, 6) is -4.85. The third-order valence-electron chi connectivity index (χ3n) is 2.20. The van der Waals surface area contributed by atoms with E-state index in [-0.39, 0.29) is 5.39 Å². The van der Waals surface area contributed by atoms with Crippen LogP contribution in [0.25, 0.3) is 10.8 Å². The largest absolute Gasteiger partial charge is 0.471 e. The summed E-state index contributed by atoms with van der Waals surface area (Å²) in [6.45, 7) is 0. The summed E-state index contributed by atoms with van der Waals surface area (Å²) in [6.07, 6.45) is -3.21. The maximum Gasteiger partial charge on any atom is 0.458 e. The van der Waals surface area contributed by atoms with E-state index in [1.807, 2.05) is 0 Å². The van der Waals surface area contributed by atoms with Crippen molar-refractivity contribution in [3.8, 4) is 0 Å². The molecule has 16 heavy (non-hydrogen) atoms. The lowest BCUT2D eigenvalue weighted by Gasteiger charge is -2.19. The van der Waals surface area contributed by atoms with Crippen LogP contribution in [0.2, 0.25) is 0 Å². The zero-order valence-corrected chi connectivity index (χ0v) is 7.68. The van der Waals surface area contributed by atoms with Gasteiger partial charge in [0.2, 0.25) is 0 Å². The van der Waals surface area contributed by atoms with Crippen molar-refractivity contribution in [1.29, 1.82) is 0 Å². The van der Waals surface area contributed by atoms with E-state index in [0.29, 0.717) is 5.39 Å². The Morgan fingerprint density at radius 2 is 1.50 bits per heavy atom. The first-order valence-corrected chi connectivity index (χ1v) is 4.23. The highest BCUT2D eigenvalue weighted by molar-refractivity contribution is 5.81. The van der Waals surface area contributed by atoms with Gasteiger partial charge in [-0.05, 0) is 6.07 Å². The van der Waals surface area contributed by atoms with Gasteiger partial charge < -0.3 is 4.42 Å². The van der Waals surface area contributed by atoms with E-state index in [1.54, 1.807) is 0 Å². The molecule has 2 rings (SSSR count). The van der Waals surface area contributed by atoms with Crippen LogP contribution in [0, 0.1) is 0 Å². The highest BCUT2D eigenvalue weighted by Gasteiger charge is 2.58. The fourth-order valence-electron chi connectivity index (χ4n) is 1.32. The van der Waals surface area contributed by atoms with Gasteiger partial charge in [0, 0.05) is 16.3 Å². The number of hydrogen-bond acceptors (Lipinski definition) is 1.